The highest BCUT2D eigenvalue weighted by molar-refractivity contribution is 7.92. The van der Waals surface area contributed by atoms with Crippen molar-refractivity contribution in [1.82, 2.24) is 10.3 Å². The van der Waals surface area contributed by atoms with Crippen molar-refractivity contribution in [1.29, 1.82) is 0 Å². The van der Waals surface area contributed by atoms with Crippen LogP contribution in [0.25, 0.3) is 10.9 Å². The standard InChI is InChI=1S/C21H22FN3O5S/c1-2-14(9-10-26)23-21(28)18-12-20(27)24-19-8-7-16(11-17(18)19)31(29,30)25-15-5-3-13(22)4-6-15/h3-8,11-12,14,25-26H,2,9-10H2,1H3,(H,23,28)(H,24,27)/t14-/m1/s1. The smallest absolute Gasteiger partial charge is 0.261 e. The van der Waals surface area contributed by atoms with Crippen molar-refractivity contribution in [2.45, 2.75) is 30.7 Å². The van der Waals surface area contributed by atoms with Crippen LogP contribution in [0.3, 0.4) is 0 Å². The normalized spacial score (nSPS) is 12.5. The number of pyridine rings is 1. The van der Waals surface area contributed by atoms with Crippen LogP contribution >= 0.6 is 0 Å². The number of carbonyl (C=O) groups excluding carboxylic acids is 1. The first kappa shape index (κ1) is 22.4. The summed E-state index contributed by atoms with van der Waals surface area (Å²) in [5, 5.41) is 12.1. The third-order valence-corrected chi connectivity index (χ3v) is 6.15. The van der Waals surface area contributed by atoms with Crippen LogP contribution in [0.4, 0.5) is 10.1 Å². The summed E-state index contributed by atoms with van der Waals surface area (Å²) in [6, 6.07) is 9.63. The molecule has 8 nitrogen and oxygen atoms in total. The summed E-state index contributed by atoms with van der Waals surface area (Å²) in [6.07, 6.45) is 0.930. The molecule has 0 bridgehead atoms. The molecule has 1 heterocycles. The van der Waals surface area contributed by atoms with Gasteiger partial charge in [0.25, 0.3) is 15.9 Å². The van der Waals surface area contributed by atoms with Crippen molar-refractivity contribution in [3.8, 4) is 0 Å². The number of sulfonamides is 1. The molecule has 0 aliphatic heterocycles. The van der Waals surface area contributed by atoms with E-state index in [0.717, 1.165) is 18.2 Å². The number of aromatic nitrogens is 1. The van der Waals surface area contributed by atoms with Crippen LogP contribution in [0.1, 0.15) is 30.1 Å². The molecule has 3 rings (SSSR count). The van der Waals surface area contributed by atoms with Gasteiger partial charge in [-0.05, 0) is 55.3 Å². The first-order valence-electron chi connectivity index (χ1n) is 9.60. The van der Waals surface area contributed by atoms with E-state index in [1.54, 1.807) is 0 Å². The Morgan fingerprint density at radius 2 is 1.87 bits per heavy atom. The van der Waals surface area contributed by atoms with Gasteiger partial charge in [-0.25, -0.2) is 12.8 Å². The molecule has 31 heavy (non-hydrogen) atoms. The lowest BCUT2D eigenvalue weighted by Gasteiger charge is -2.16. The van der Waals surface area contributed by atoms with E-state index in [-0.39, 0.29) is 34.2 Å². The highest BCUT2D eigenvalue weighted by Crippen LogP contribution is 2.23. The fourth-order valence-electron chi connectivity index (χ4n) is 3.12. The van der Waals surface area contributed by atoms with E-state index in [9.17, 15) is 22.4 Å². The van der Waals surface area contributed by atoms with Gasteiger partial charge in [-0.2, -0.15) is 0 Å². The van der Waals surface area contributed by atoms with Crippen LogP contribution in [0.5, 0.6) is 0 Å². The molecule has 2 aromatic carbocycles. The highest BCUT2D eigenvalue weighted by atomic mass is 32.2. The number of hydrogen-bond donors (Lipinski definition) is 4. The number of carbonyl (C=O) groups is 1. The largest absolute Gasteiger partial charge is 0.396 e. The molecule has 10 heteroatoms. The minimum absolute atomic E-state index is 0.0222. The Morgan fingerprint density at radius 1 is 1.16 bits per heavy atom. The van der Waals surface area contributed by atoms with Crippen molar-refractivity contribution >= 4 is 32.5 Å². The maximum Gasteiger partial charge on any atom is 0.261 e. The number of aliphatic hydroxyl groups excluding tert-OH is 1. The quantitative estimate of drug-likeness (QED) is 0.421. The number of benzene rings is 2. The van der Waals surface area contributed by atoms with Crippen molar-refractivity contribution in [2.75, 3.05) is 11.3 Å². The van der Waals surface area contributed by atoms with Crippen LogP contribution in [-0.4, -0.2) is 37.1 Å². The van der Waals surface area contributed by atoms with Crippen molar-refractivity contribution in [3.63, 3.8) is 0 Å². The molecule has 0 saturated carbocycles. The van der Waals surface area contributed by atoms with Crippen LogP contribution in [0, 0.1) is 5.82 Å². The Hall–Kier alpha value is -3.24. The Kier molecular flexibility index (Phi) is 6.71. The van der Waals surface area contributed by atoms with Crippen LogP contribution in [0.2, 0.25) is 0 Å². The summed E-state index contributed by atoms with van der Waals surface area (Å²) in [4.78, 5) is 27.2. The van der Waals surface area contributed by atoms with E-state index >= 15 is 0 Å². The molecule has 0 unspecified atom stereocenters. The molecule has 0 radical (unpaired) electrons. The van der Waals surface area contributed by atoms with Gasteiger partial charge in [0.15, 0.2) is 0 Å². The second-order valence-corrected chi connectivity index (χ2v) is 8.64. The van der Waals surface area contributed by atoms with E-state index in [4.69, 9.17) is 5.11 Å². The van der Waals surface area contributed by atoms with Gasteiger partial charge < -0.3 is 15.4 Å². The molecule has 4 N–H and O–H groups in total. The summed E-state index contributed by atoms with van der Waals surface area (Å²) >= 11 is 0. The number of aliphatic hydroxyl groups is 1. The third-order valence-electron chi connectivity index (χ3n) is 4.77. The second-order valence-electron chi connectivity index (χ2n) is 6.96. The number of anilines is 1. The average molecular weight is 447 g/mol. The van der Waals surface area contributed by atoms with Crippen molar-refractivity contribution in [3.05, 3.63) is 70.3 Å². The number of hydrogen-bond acceptors (Lipinski definition) is 5. The minimum Gasteiger partial charge on any atom is -0.396 e. The number of H-pyrrole nitrogens is 1. The Bertz CT molecular complexity index is 1260. The maximum absolute atomic E-state index is 13.1. The van der Waals surface area contributed by atoms with Crippen LogP contribution in [0.15, 0.2) is 58.2 Å². The lowest BCUT2D eigenvalue weighted by atomic mass is 10.1. The number of aromatic amines is 1. The minimum atomic E-state index is -4.04. The number of amides is 1. The molecule has 1 amide bonds. The molecular weight excluding hydrogens is 425 g/mol. The van der Waals surface area contributed by atoms with E-state index in [2.05, 4.69) is 15.0 Å². The first-order chi connectivity index (χ1) is 14.7. The lowest BCUT2D eigenvalue weighted by molar-refractivity contribution is 0.0930. The van der Waals surface area contributed by atoms with Gasteiger partial charge in [0.05, 0.1) is 10.5 Å². The predicted octanol–water partition coefficient (Wildman–Crippen LogP) is 2.36. The zero-order valence-electron chi connectivity index (χ0n) is 16.7. The van der Waals surface area contributed by atoms with Crippen molar-refractivity contribution < 1.29 is 22.7 Å². The van der Waals surface area contributed by atoms with Crippen molar-refractivity contribution in [2.24, 2.45) is 0 Å². The summed E-state index contributed by atoms with van der Waals surface area (Å²) in [5.74, 6) is -1.04. The fraction of sp³-hybridized carbons (Fsp3) is 0.238. The molecule has 0 fully saturated rings. The molecule has 1 atom stereocenters. The van der Waals surface area contributed by atoms with Gasteiger partial charge in [-0.15, -0.1) is 0 Å². The summed E-state index contributed by atoms with van der Waals surface area (Å²) in [5.41, 5.74) is -0.00816. The lowest BCUT2D eigenvalue weighted by Crippen LogP contribution is -2.35. The van der Waals surface area contributed by atoms with Crippen LogP contribution in [-0.2, 0) is 10.0 Å². The number of fused-ring (bicyclic) bond motifs is 1. The molecule has 0 spiro atoms. The van der Waals surface area contributed by atoms with Gasteiger partial charge in [0, 0.05) is 35.3 Å². The zero-order chi connectivity index (χ0) is 22.6. The Balaban J connectivity index is 2.01. The summed E-state index contributed by atoms with van der Waals surface area (Å²) < 4.78 is 41.0. The van der Waals surface area contributed by atoms with Gasteiger partial charge in [0.2, 0.25) is 5.56 Å². The SMILES string of the molecule is CC[C@H](CCO)NC(=O)c1cc(=O)[nH]c2ccc(S(=O)(=O)Nc3ccc(F)cc3)cc12. The zero-order valence-corrected chi connectivity index (χ0v) is 17.5. The molecular formula is C21H22FN3O5S. The molecule has 0 aliphatic rings. The number of nitrogens with one attached hydrogen (secondary N) is 3. The van der Waals surface area contributed by atoms with E-state index in [1.807, 2.05) is 6.92 Å². The average Bonchev–Trinajstić information content (AvgIpc) is 2.73. The Labute approximate surface area is 178 Å². The van der Waals surface area contributed by atoms with E-state index < -0.39 is 27.3 Å². The van der Waals surface area contributed by atoms with Crippen LogP contribution < -0.4 is 15.6 Å². The second kappa shape index (κ2) is 9.27. The summed E-state index contributed by atoms with van der Waals surface area (Å²) in [7, 11) is -4.04. The Morgan fingerprint density at radius 3 is 2.52 bits per heavy atom. The topological polar surface area (TPSA) is 128 Å². The molecule has 0 aliphatic carbocycles. The van der Waals surface area contributed by atoms with Gasteiger partial charge in [0.1, 0.15) is 5.82 Å². The first-order valence-corrected chi connectivity index (χ1v) is 11.1. The predicted molar refractivity (Wildman–Crippen MR) is 115 cm³/mol. The van der Waals surface area contributed by atoms with Gasteiger partial charge in [-0.1, -0.05) is 6.92 Å². The molecule has 164 valence electrons. The summed E-state index contributed by atoms with van der Waals surface area (Å²) in [6.45, 7) is 1.74. The number of rotatable bonds is 8. The van der Waals surface area contributed by atoms with E-state index in [1.165, 1.54) is 30.3 Å². The molecule has 3 aromatic rings. The van der Waals surface area contributed by atoms with E-state index in [0.29, 0.717) is 18.4 Å². The molecule has 1 aromatic heterocycles. The monoisotopic (exact) mass is 447 g/mol. The molecule has 0 saturated heterocycles. The van der Waals surface area contributed by atoms with Gasteiger partial charge in [-0.3, -0.25) is 14.3 Å². The highest BCUT2D eigenvalue weighted by Gasteiger charge is 2.19. The van der Waals surface area contributed by atoms with Gasteiger partial charge >= 0.3 is 0 Å². The maximum atomic E-state index is 13.1. The fourth-order valence-corrected chi connectivity index (χ4v) is 4.20. The third kappa shape index (κ3) is 5.28. The number of halogens is 1.